The number of anilines is 2. The monoisotopic (exact) mass is 954 g/mol. The average Bonchev–Trinajstić information content (AvgIpc) is 4.11. The highest BCUT2D eigenvalue weighted by molar-refractivity contribution is 6.93. The fourth-order valence-corrected chi connectivity index (χ4v) is 16.8. The maximum absolute atomic E-state index is 6.99. The quantitative estimate of drug-likeness (QED) is 0.160. The predicted octanol–water partition coefficient (Wildman–Crippen LogP) is 17.6. The Bertz CT molecular complexity index is 4110. The van der Waals surface area contributed by atoms with Crippen molar-refractivity contribution in [3.63, 3.8) is 0 Å². The molecule has 6 aliphatic rings. The molecule has 0 atom stereocenters. The third-order valence-electron chi connectivity index (χ3n) is 20.1. The second-order valence-electron chi connectivity index (χ2n) is 24.0. The van der Waals surface area contributed by atoms with E-state index in [1.165, 1.54) is 189 Å². The Labute approximate surface area is 433 Å². The molecule has 2 aromatic heterocycles. The first-order valence-electron chi connectivity index (χ1n) is 28.3. The smallest absolute Gasteiger partial charge is 0.333 e. The Balaban J connectivity index is 0.998. The normalized spacial score (nSPS) is 22.7. The number of rotatable bonds is 5. The van der Waals surface area contributed by atoms with Gasteiger partial charge in [-0.1, -0.05) is 161 Å². The first-order chi connectivity index (χ1) is 36.5. The largest absolute Gasteiger partial charge is 0.456 e. The summed E-state index contributed by atoms with van der Waals surface area (Å²) in [4.78, 5) is 2.76. The molecule has 11 aromatic rings. The highest BCUT2D eigenvalue weighted by atomic mass is 16.3. The molecule has 0 amide bonds. The van der Waals surface area contributed by atoms with Crippen LogP contribution >= 0.6 is 0 Å². The number of aromatic nitrogens is 1. The molecule has 4 saturated carbocycles. The summed E-state index contributed by atoms with van der Waals surface area (Å²) in [6, 6.07) is 68.2. The summed E-state index contributed by atoms with van der Waals surface area (Å²) in [6.45, 7) is -0.0782. The van der Waals surface area contributed by atoms with Crippen molar-refractivity contribution in [2.75, 3.05) is 4.81 Å². The molecule has 9 aromatic carbocycles. The van der Waals surface area contributed by atoms with Crippen LogP contribution in [-0.2, 0) is 10.8 Å². The number of fused-ring (bicyclic) bond motifs is 15. The molecule has 0 spiro atoms. The first kappa shape index (κ1) is 42.1. The molecule has 4 fully saturated rings. The summed E-state index contributed by atoms with van der Waals surface area (Å²) in [6.07, 6.45) is 18.9. The minimum Gasteiger partial charge on any atom is -0.456 e. The van der Waals surface area contributed by atoms with Crippen molar-refractivity contribution >= 4 is 83.7 Å². The van der Waals surface area contributed by atoms with E-state index in [9.17, 15) is 0 Å². The van der Waals surface area contributed by atoms with E-state index in [0.29, 0.717) is 0 Å². The molecule has 2 aliphatic heterocycles. The lowest BCUT2D eigenvalue weighted by Gasteiger charge is -2.47. The molecular formula is C70H59BN2O. The number of nitrogens with zero attached hydrogens (tertiary/aromatic N) is 2. The van der Waals surface area contributed by atoms with Crippen molar-refractivity contribution < 1.29 is 4.42 Å². The Morgan fingerprint density at radius 3 is 1.74 bits per heavy atom. The van der Waals surface area contributed by atoms with Crippen molar-refractivity contribution in [3.05, 3.63) is 187 Å². The molecule has 4 heterocycles. The fraction of sp³-hybridized carbons (Fsp3) is 0.257. The minimum absolute atomic E-state index is 0.0782. The number of furan rings is 1. The van der Waals surface area contributed by atoms with Crippen LogP contribution < -0.4 is 15.7 Å². The van der Waals surface area contributed by atoms with E-state index in [1.54, 1.807) is 11.1 Å². The summed E-state index contributed by atoms with van der Waals surface area (Å²) in [5, 5.41) is 7.67. The van der Waals surface area contributed by atoms with Gasteiger partial charge in [0.2, 0.25) is 0 Å². The van der Waals surface area contributed by atoms with Crippen LogP contribution in [0.4, 0.5) is 11.4 Å². The van der Waals surface area contributed by atoms with Crippen molar-refractivity contribution in [1.82, 2.24) is 4.57 Å². The average molecular weight is 955 g/mol. The summed E-state index contributed by atoms with van der Waals surface area (Å²) < 4.78 is 9.74. The Hall–Kier alpha value is -7.30. The summed E-state index contributed by atoms with van der Waals surface area (Å²) >= 11 is 0. The number of hydrogen-bond donors (Lipinski definition) is 0. The second-order valence-corrected chi connectivity index (χ2v) is 24.0. The van der Waals surface area contributed by atoms with Gasteiger partial charge in [0.25, 0.3) is 0 Å². The van der Waals surface area contributed by atoms with Gasteiger partial charge in [-0.05, 0) is 189 Å². The molecule has 74 heavy (non-hydrogen) atoms. The zero-order valence-corrected chi connectivity index (χ0v) is 42.2. The second kappa shape index (κ2) is 15.6. The van der Waals surface area contributed by atoms with Crippen LogP contribution in [0.1, 0.15) is 101 Å². The first-order valence-corrected chi connectivity index (χ1v) is 28.3. The summed E-state index contributed by atoms with van der Waals surface area (Å²) in [5.41, 5.74) is 22.4. The molecular weight excluding hydrogens is 896 g/mol. The van der Waals surface area contributed by atoms with Crippen LogP contribution in [0.3, 0.4) is 0 Å². The van der Waals surface area contributed by atoms with E-state index in [-0.39, 0.29) is 17.7 Å². The van der Waals surface area contributed by atoms with Gasteiger partial charge in [-0.15, -0.1) is 0 Å². The summed E-state index contributed by atoms with van der Waals surface area (Å²) in [5.74, 6) is 1.70. The standard InChI is InChI=1S/C70H59BN2O/c1-3-17-46(18-4-1)48-23-26-54(27-24-48)73-63-40-58-57-33-49-21-7-8-22-50(49)36-65(57)74-66(58)41-56(63)59-34-51(47-19-5-2-6-20-47)35-64-67(59)71(73)61-39-53(70-31-11-15-45(43-70)16-12-32-70)38-60-55-37-52(25-28-62(55)72(64)68(60)61)69-29-9-13-44(42-69)14-10-30-69/h1-8,17-28,33-41,44-45H,9-16,29-32,42-43H2. The van der Waals surface area contributed by atoms with E-state index in [1.807, 2.05) is 0 Å². The van der Waals surface area contributed by atoms with Crippen LogP contribution in [-0.4, -0.2) is 11.4 Å². The molecule has 0 saturated heterocycles. The van der Waals surface area contributed by atoms with Crippen LogP contribution in [0.15, 0.2) is 180 Å². The third-order valence-corrected chi connectivity index (χ3v) is 20.1. The van der Waals surface area contributed by atoms with E-state index in [4.69, 9.17) is 4.42 Å². The van der Waals surface area contributed by atoms with E-state index in [0.717, 1.165) is 28.4 Å². The highest BCUT2D eigenvalue weighted by Crippen LogP contribution is 2.55. The Morgan fingerprint density at radius 1 is 0.446 bits per heavy atom. The van der Waals surface area contributed by atoms with Crippen molar-refractivity contribution in [2.45, 2.75) is 101 Å². The molecule has 358 valence electrons. The Kier molecular flexibility index (Phi) is 8.89. The van der Waals surface area contributed by atoms with E-state index < -0.39 is 0 Å². The van der Waals surface area contributed by atoms with Gasteiger partial charge in [-0.2, -0.15) is 0 Å². The molecule has 0 radical (unpaired) electrons. The predicted molar refractivity (Wildman–Crippen MR) is 310 cm³/mol. The maximum Gasteiger partial charge on any atom is 0.333 e. The fourth-order valence-electron chi connectivity index (χ4n) is 16.8. The van der Waals surface area contributed by atoms with Gasteiger partial charge in [0.1, 0.15) is 11.2 Å². The van der Waals surface area contributed by atoms with Crippen molar-refractivity contribution in [1.29, 1.82) is 0 Å². The number of benzene rings is 9. The van der Waals surface area contributed by atoms with Gasteiger partial charge in [-0.3, -0.25) is 0 Å². The maximum atomic E-state index is 6.99. The molecule has 0 unspecified atom stereocenters. The molecule has 0 N–H and O–H groups in total. The topological polar surface area (TPSA) is 21.3 Å². The lowest BCUT2D eigenvalue weighted by atomic mass is 9.43. The van der Waals surface area contributed by atoms with Gasteiger partial charge in [-0.25, -0.2) is 0 Å². The summed E-state index contributed by atoms with van der Waals surface area (Å²) in [7, 11) is 0. The highest BCUT2D eigenvalue weighted by Gasteiger charge is 2.48. The van der Waals surface area contributed by atoms with Crippen molar-refractivity contribution in [2.24, 2.45) is 11.8 Å². The van der Waals surface area contributed by atoms with Crippen molar-refractivity contribution in [3.8, 4) is 39.1 Å². The SMILES string of the molecule is c1ccc(-c2ccc(N3B4c5c(cc(-c6ccccc6)cc5-n5c6ccc(C78CCCC(CCC7)C8)cc6c6cc(C78CCCC(CCC7)C8)cc4c65)-c4cc5oc6cc7ccccc7cc6c5cc43)cc2)cc1. The molecule has 3 nitrogen and oxygen atoms in total. The van der Waals surface area contributed by atoms with Crippen LogP contribution in [0.5, 0.6) is 0 Å². The third kappa shape index (κ3) is 6.03. The minimum atomic E-state index is -0.0782. The zero-order valence-electron chi connectivity index (χ0n) is 42.2. The molecule has 4 aliphatic carbocycles. The van der Waals surface area contributed by atoms with Crippen LogP contribution in [0, 0.1) is 11.8 Å². The zero-order chi connectivity index (χ0) is 48.3. The lowest BCUT2D eigenvalue weighted by Crippen LogP contribution is -2.61. The lowest BCUT2D eigenvalue weighted by molar-refractivity contribution is 0.149. The Morgan fingerprint density at radius 2 is 1.04 bits per heavy atom. The van der Waals surface area contributed by atoms with E-state index in [2.05, 4.69) is 185 Å². The van der Waals surface area contributed by atoms with E-state index >= 15 is 0 Å². The van der Waals surface area contributed by atoms with Crippen LogP contribution in [0.2, 0.25) is 0 Å². The van der Waals surface area contributed by atoms with Gasteiger partial charge >= 0.3 is 6.85 Å². The van der Waals surface area contributed by atoms with Gasteiger partial charge < -0.3 is 13.8 Å². The molecule has 4 heteroatoms. The van der Waals surface area contributed by atoms with Gasteiger partial charge in [0, 0.05) is 44.2 Å². The van der Waals surface area contributed by atoms with Gasteiger partial charge in [0.05, 0.1) is 11.0 Å². The number of hydrogen-bond acceptors (Lipinski definition) is 2. The molecule has 4 bridgehead atoms. The van der Waals surface area contributed by atoms with Crippen LogP contribution in [0.25, 0.3) is 93.6 Å². The van der Waals surface area contributed by atoms with Gasteiger partial charge in [0.15, 0.2) is 0 Å². The molecule has 17 rings (SSSR count).